The molecule has 1 aromatic carbocycles. The van der Waals surface area contributed by atoms with Crippen molar-refractivity contribution in [3.63, 3.8) is 0 Å². The predicted molar refractivity (Wildman–Crippen MR) is 94.3 cm³/mol. The van der Waals surface area contributed by atoms with Gasteiger partial charge in [0.05, 0.1) is 5.41 Å². The van der Waals surface area contributed by atoms with Crippen LogP contribution in [0.3, 0.4) is 0 Å². The van der Waals surface area contributed by atoms with Gasteiger partial charge in [-0.25, -0.2) is 4.79 Å². The van der Waals surface area contributed by atoms with Crippen molar-refractivity contribution in [1.82, 2.24) is 10.2 Å². The zero-order chi connectivity index (χ0) is 17.7. The van der Waals surface area contributed by atoms with Crippen LogP contribution in [-0.4, -0.2) is 41.6 Å². The summed E-state index contributed by atoms with van der Waals surface area (Å²) in [6.45, 7) is 3.78. The van der Waals surface area contributed by atoms with Crippen LogP contribution in [0, 0.1) is 16.7 Å². The molecule has 2 fully saturated rings. The summed E-state index contributed by atoms with van der Waals surface area (Å²) in [6, 6.07) is 8.36. The zero-order valence-electron chi connectivity index (χ0n) is 14.8. The summed E-state index contributed by atoms with van der Waals surface area (Å²) in [5.74, 6) is -0.620. The molecule has 25 heavy (non-hydrogen) atoms. The van der Waals surface area contributed by atoms with Gasteiger partial charge in [-0.05, 0) is 48.1 Å². The highest BCUT2D eigenvalue weighted by Crippen LogP contribution is 2.48. The number of amides is 2. The Labute approximate surface area is 148 Å². The number of fused-ring (bicyclic) bond motifs is 2. The van der Waals surface area contributed by atoms with Gasteiger partial charge in [-0.3, -0.25) is 4.79 Å². The van der Waals surface area contributed by atoms with Crippen molar-refractivity contribution in [3.05, 3.63) is 35.4 Å². The van der Waals surface area contributed by atoms with Gasteiger partial charge in [0, 0.05) is 19.6 Å². The molecule has 2 N–H and O–H groups in total. The van der Waals surface area contributed by atoms with E-state index in [0.717, 1.165) is 25.7 Å². The zero-order valence-corrected chi connectivity index (χ0v) is 14.8. The van der Waals surface area contributed by atoms with Gasteiger partial charge >= 0.3 is 12.0 Å². The monoisotopic (exact) mass is 342 g/mol. The summed E-state index contributed by atoms with van der Waals surface area (Å²) < 4.78 is 0. The lowest BCUT2D eigenvalue weighted by Crippen LogP contribution is -2.45. The Kier molecular flexibility index (Phi) is 3.78. The summed E-state index contributed by atoms with van der Waals surface area (Å²) in [6.07, 6.45) is 4.53. The number of nitrogens with one attached hydrogen (secondary N) is 1. The van der Waals surface area contributed by atoms with E-state index in [2.05, 4.69) is 36.5 Å². The number of likely N-dealkylation sites (tertiary alicyclic amines) is 1. The van der Waals surface area contributed by atoms with Gasteiger partial charge in [-0.2, -0.15) is 0 Å². The molecule has 0 aromatic heterocycles. The molecule has 1 aromatic rings. The van der Waals surface area contributed by atoms with Crippen molar-refractivity contribution >= 4 is 12.0 Å². The second-order valence-corrected chi connectivity index (χ2v) is 8.52. The molecule has 0 spiro atoms. The molecule has 5 nitrogen and oxygen atoms in total. The number of carboxylic acids is 1. The summed E-state index contributed by atoms with van der Waals surface area (Å²) in [7, 11) is 0. The number of carbonyl (C=O) groups excluding carboxylic acids is 1. The maximum absolute atomic E-state index is 12.6. The van der Waals surface area contributed by atoms with Crippen LogP contribution in [0.4, 0.5) is 4.79 Å². The fourth-order valence-corrected chi connectivity index (χ4v) is 5.20. The minimum atomic E-state index is -0.733. The molecular formula is C20H26N2O3. The molecule has 0 bridgehead atoms. The number of hydrogen-bond donors (Lipinski definition) is 2. The molecule has 4 rings (SSSR count). The van der Waals surface area contributed by atoms with Crippen molar-refractivity contribution in [3.8, 4) is 0 Å². The molecule has 1 heterocycles. The van der Waals surface area contributed by atoms with Gasteiger partial charge in [0.1, 0.15) is 0 Å². The Morgan fingerprint density at radius 2 is 1.96 bits per heavy atom. The molecule has 1 saturated carbocycles. The van der Waals surface area contributed by atoms with Crippen LogP contribution in [0.2, 0.25) is 0 Å². The number of carbonyl (C=O) groups is 2. The highest BCUT2D eigenvalue weighted by molar-refractivity contribution is 5.80. The number of urea groups is 1. The van der Waals surface area contributed by atoms with E-state index in [1.54, 1.807) is 4.90 Å². The van der Waals surface area contributed by atoms with Crippen LogP contribution in [0.1, 0.15) is 37.3 Å². The van der Waals surface area contributed by atoms with E-state index in [4.69, 9.17) is 0 Å². The number of hydrogen-bond acceptors (Lipinski definition) is 2. The molecular weight excluding hydrogens is 316 g/mol. The van der Waals surface area contributed by atoms with Crippen LogP contribution < -0.4 is 5.32 Å². The average molecular weight is 342 g/mol. The first-order valence-electron chi connectivity index (χ1n) is 9.25. The SMILES string of the molecule is CC1(CNC(=O)N2C[C@@H]3CCC[C@@]3(C(=O)O)C2)Cc2ccccc2C1. The molecule has 1 saturated heterocycles. The molecule has 2 atom stereocenters. The highest BCUT2D eigenvalue weighted by Gasteiger charge is 2.55. The van der Waals surface area contributed by atoms with E-state index >= 15 is 0 Å². The summed E-state index contributed by atoms with van der Waals surface area (Å²) in [5.41, 5.74) is 2.09. The van der Waals surface area contributed by atoms with Gasteiger partial charge in [0.25, 0.3) is 0 Å². The minimum Gasteiger partial charge on any atom is -0.481 e. The molecule has 0 radical (unpaired) electrons. The van der Waals surface area contributed by atoms with Gasteiger partial charge < -0.3 is 15.3 Å². The van der Waals surface area contributed by atoms with Crippen LogP contribution in [0.15, 0.2) is 24.3 Å². The summed E-state index contributed by atoms with van der Waals surface area (Å²) in [4.78, 5) is 26.1. The third-order valence-corrected chi connectivity index (χ3v) is 6.60. The standard InChI is InChI=1S/C20H26N2O3/c1-19(9-14-5-2-3-6-15(14)10-19)12-21-18(25)22-11-16-7-4-8-20(16,13-22)17(23)24/h2-3,5-6,16H,4,7-13H2,1H3,(H,21,25)(H,23,24)/t16-,20+/m0/s1. The van der Waals surface area contributed by atoms with E-state index in [1.165, 1.54) is 11.1 Å². The Bertz CT molecular complexity index is 692. The van der Waals surface area contributed by atoms with Crippen molar-refractivity contribution in [2.45, 2.75) is 39.0 Å². The molecule has 2 amide bonds. The van der Waals surface area contributed by atoms with Gasteiger partial charge in [0.15, 0.2) is 0 Å². The number of aliphatic carboxylic acids is 1. The molecule has 3 aliphatic rings. The van der Waals surface area contributed by atoms with E-state index < -0.39 is 11.4 Å². The maximum Gasteiger partial charge on any atom is 0.317 e. The number of nitrogens with zero attached hydrogens (tertiary/aromatic N) is 1. The van der Waals surface area contributed by atoms with Crippen LogP contribution >= 0.6 is 0 Å². The highest BCUT2D eigenvalue weighted by atomic mass is 16.4. The lowest BCUT2D eigenvalue weighted by molar-refractivity contribution is -0.149. The van der Waals surface area contributed by atoms with Crippen molar-refractivity contribution in [1.29, 1.82) is 0 Å². The first kappa shape index (κ1) is 16.4. The molecule has 2 aliphatic carbocycles. The van der Waals surface area contributed by atoms with Gasteiger partial charge in [-0.15, -0.1) is 0 Å². The number of rotatable bonds is 3. The number of carboxylic acid groups (broad SMARTS) is 1. The quantitative estimate of drug-likeness (QED) is 0.887. The molecule has 1 aliphatic heterocycles. The minimum absolute atomic E-state index is 0.0411. The normalized spacial score (nSPS) is 29.3. The van der Waals surface area contributed by atoms with Crippen LogP contribution in [-0.2, 0) is 17.6 Å². The van der Waals surface area contributed by atoms with E-state index in [1.807, 2.05) is 0 Å². The van der Waals surface area contributed by atoms with E-state index in [9.17, 15) is 14.7 Å². The summed E-state index contributed by atoms with van der Waals surface area (Å²) in [5, 5.41) is 12.7. The maximum atomic E-state index is 12.6. The molecule has 5 heteroatoms. The van der Waals surface area contributed by atoms with Crippen molar-refractivity contribution in [2.24, 2.45) is 16.7 Å². The first-order chi connectivity index (χ1) is 11.9. The fraction of sp³-hybridized carbons (Fsp3) is 0.600. The first-order valence-corrected chi connectivity index (χ1v) is 9.25. The van der Waals surface area contributed by atoms with Crippen molar-refractivity contribution < 1.29 is 14.7 Å². The van der Waals surface area contributed by atoms with Crippen LogP contribution in [0.5, 0.6) is 0 Å². The third-order valence-electron chi connectivity index (χ3n) is 6.60. The predicted octanol–water partition coefficient (Wildman–Crippen LogP) is 2.69. The topological polar surface area (TPSA) is 69.6 Å². The second-order valence-electron chi connectivity index (χ2n) is 8.52. The third kappa shape index (κ3) is 2.70. The molecule has 134 valence electrons. The van der Waals surface area contributed by atoms with E-state index in [-0.39, 0.29) is 17.4 Å². The average Bonchev–Trinajstić information content (AvgIpc) is 3.22. The second kappa shape index (κ2) is 5.75. The van der Waals surface area contributed by atoms with Gasteiger partial charge in [0.2, 0.25) is 0 Å². The lowest BCUT2D eigenvalue weighted by atomic mass is 9.81. The summed E-state index contributed by atoms with van der Waals surface area (Å²) >= 11 is 0. The Balaban J connectivity index is 1.37. The number of benzene rings is 1. The Morgan fingerprint density at radius 3 is 2.56 bits per heavy atom. The Morgan fingerprint density at radius 1 is 1.28 bits per heavy atom. The van der Waals surface area contributed by atoms with Crippen LogP contribution in [0.25, 0.3) is 0 Å². The van der Waals surface area contributed by atoms with Gasteiger partial charge in [-0.1, -0.05) is 37.6 Å². The van der Waals surface area contributed by atoms with Crippen molar-refractivity contribution in [2.75, 3.05) is 19.6 Å². The van der Waals surface area contributed by atoms with E-state index in [0.29, 0.717) is 26.1 Å². The molecule has 0 unspecified atom stereocenters. The lowest BCUT2D eigenvalue weighted by Gasteiger charge is -2.27. The largest absolute Gasteiger partial charge is 0.481 e. The fourth-order valence-electron chi connectivity index (χ4n) is 5.20. The smallest absolute Gasteiger partial charge is 0.317 e. The Hall–Kier alpha value is -2.04.